The van der Waals surface area contributed by atoms with Crippen LogP contribution in [0.3, 0.4) is 0 Å². The van der Waals surface area contributed by atoms with E-state index in [1.54, 1.807) is 0 Å². The largest absolute Gasteiger partial charge is 0.211 e. The predicted octanol–water partition coefficient (Wildman–Crippen LogP) is 8.53. The Labute approximate surface area is 191 Å². The lowest BCUT2D eigenvalue weighted by molar-refractivity contribution is 0.928. The first-order chi connectivity index (χ1) is 15.8. The molecule has 0 aliphatic heterocycles. The molecule has 0 bridgehead atoms. The summed E-state index contributed by atoms with van der Waals surface area (Å²) in [4.78, 5) is 4.63. The molecule has 4 aromatic carbocycles. The molecule has 2 N–H and O–H groups in total. The monoisotopic (exact) mass is 432 g/mol. The van der Waals surface area contributed by atoms with Crippen LogP contribution in [0.2, 0.25) is 0 Å². The first kappa shape index (κ1) is 21.1. The highest BCUT2D eigenvalue weighted by atomic mass is 32.1. The van der Waals surface area contributed by atoms with Crippen molar-refractivity contribution in [3.8, 4) is 43.1 Å². The second-order valence-corrected chi connectivity index (χ2v) is 8.11. The van der Waals surface area contributed by atoms with Crippen LogP contribution in [0.15, 0.2) is 121 Å². The summed E-state index contributed by atoms with van der Waals surface area (Å²) in [6.07, 6.45) is 0. The highest BCUT2D eigenvalue weighted by molar-refractivity contribution is 7.20. The molecule has 1 heterocycles. The van der Waals surface area contributed by atoms with Gasteiger partial charge in [0.25, 0.3) is 0 Å². The Hall–Kier alpha value is -4.11. The summed E-state index contributed by atoms with van der Waals surface area (Å²) >= 11 is 1.88. The molecule has 154 valence electrons. The molecule has 0 saturated carbocycles. The number of rotatable bonds is 4. The number of nitrogens with one attached hydrogen (secondary N) is 2. The van der Waals surface area contributed by atoms with Crippen molar-refractivity contribution in [1.29, 1.82) is 11.1 Å². The molecule has 32 heavy (non-hydrogen) atoms. The highest BCUT2D eigenvalue weighted by Crippen LogP contribution is 2.51. The lowest BCUT2D eigenvalue weighted by Gasteiger charge is -2.10. The quantitative estimate of drug-likeness (QED) is 0.211. The number of hydrogen-bond donors (Lipinski definition) is 2. The van der Waals surface area contributed by atoms with Crippen LogP contribution in [0.4, 0.5) is 0 Å². The van der Waals surface area contributed by atoms with Crippen LogP contribution < -0.4 is 4.91 Å². The Morgan fingerprint density at radius 1 is 0.406 bits per heavy atom. The minimum atomic E-state index is 1.25. The summed E-state index contributed by atoms with van der Waals surface area (Å²) in [5.74, 6) is 0. The topological polar surface area (TPSA) is 61.8 Å². The fourth-order valence-corrected chi connectivity index (χ4v) is 5.13. The maximum atomic E-state index is 5.50. The molecule has 1 aromatic heterocycles. The van der Waals surface area contributed by atoms with Crippen molar-refractivity contribution in [1.82, 2.24) is 4.91 Å². The van der Waals surface area contributed by atoms with E-state index >= 15 is 0 Å². The molecule has 0 spiro atoms. The highest BCUT2D eigenvalue weighted by Gasteiger charge is 2.22. The van der Waals surface area contributed by atoms with Crippen LogP contribution in [0, 0.1) is 11.1 Å². The van der Waals surface area contributed by atoms with Crippen molar-refractivity contribution in [2.75, 3.05) is 0 Å². The smallest absolute Gasteiger partial charge is 0.134 e. The van der Waals surface area contributed by atoms with Crippen molar-refractivity contribution in [3.63, 3.8) is 0 Å². The van der Waals surface area contributed by atoms with Crippen LogP contribution in [-0.4, -0.2) is 0 Å². The molecule has 5 rings (SSSR count). The van der Waals surface area contributed by atoms with Gasteiger partial charge < -0.3 is 0 Å². The first-order valence-corrected chi connectivity index (χ1v) is 11.1. The zero-order valence-electron chi connectivity index (χ0n) is 17.4. The van der Waals surface area contributed by atoms with Crippen molar-refractivity contribution in [2.45, 2.75) is 0 Å². The third kappa shape index (κ3) is 4.47. The van der Waals surface area contributed by atoms with Gasteiger partial charge in [-0.2, -0.15) is 0 Å². The lowest BCUT2D eigenvalue weighted by atomic mass is 9.91. The lowest BCUT2D eigenvalue weighted by Crippen LogP contribution is -1.85. The van der Waals surface area contributed by atoms with Gasteiger partial charge in [0.1, 0.15) is 11.1 Å². The van der Waals surface area contributed by atoms with E-state index < -0.39 is 0 Å². The molecule has 0 fully saturated rings. The summed E-state index contributed by atoms with van der Waals surface area (Å²) in [7, 11) is 0. The maximum absolute atomic E-state index is 5.50. The van der Waals surface area contributed by atoms with Gasteiger partial charge in [0.15, 0.2) is 0 Å². The van der Waals surface area contributed by atoms with E-state index in [0.717, 1.165) is 0 Å². The Bertz CT molecular complexity index is 1210. The fraction of sp³-hybridized carbons (Fsp3) is 0. The van der Waals surface area contributed by atoms with Gasteiger partial charge in [0.2, 0.25) is 4.91 Å². The number of nitrogens with zero attached hydrogens (tertiary/aromatic N) is 1. The third-order valence-electron chi connectivity index (χ3n) is 5.11. The number of thiophene rings is 1. The van der Waals surface area contributed by atoms with Crippen LogP contribution in [0.1, 0.15) is 0 Å². The molecule has 3 nitrogen and oxygen atoms in total. The van der Waals surface area contributed by atoms with Crippen LogP contribution >= 0.6 is 11.3 Å². The van der Waals surface area contributed by atoms with Crippen LogP contribution in [-0.2, 0) is 0 Å². The molecular weight excluding hydrogens is 410 g/mol. The molecule has 0 atom stereocenters. The third-order valence-corrected chi connectivity index (χ3v) is 6.39. The first-order valence-electron chi connectivity index (χ1n) is 10.2. The van der Waals surface area contributed by atoms with Gasteiger partial charge in [-0.25, -0.2) is 0 Å². The molecule has 0 saturated heterocycles. The van der Waals surface area contributed by atoms with Gasteiger partial charge in [-0.1, -0.05) is 121 Å². The molecule has 5 aromatic rings. The Kier molecular flexibility index (Phi) is 6.78. The van der Waals surface area contributed by atoms with Gasteiger partial charge in [-0.3, -0.25) is 0 Å². The zero-order valence-corrected chi connectivity index (χ0v) is 18.2. The van der Waals surface area contributed by atoms with E-state index in [0.29, 0.717) is 0 Å². The van der Waals surface area contributed by atoms with E-state index in [-0.39, 0.29) is 0 Å². The Morgan fingerprint density at radius 2 is 0.656 bits per heavy atom. The Balaban J connectivity index is 0.000000775. The molecule has 0 amide bonds. The van der Waals surface area contributed by atoms with E-state index in [1.165, 1.54) is 43.1 Å². The molecule has 0 aliphatic rings. The summed E-state index contributed by atoms with van der Waals surface area (Å²) < 4.78 is 0. The minimum Gasteiger partial charge on any atom is -0.134 e. The second kappa shape index (κ2) is 10.3. The van der Waals surface area contributed by atoms with Gasteiger partial charge in [0, 0.05) is 20.9 Å². The van der Waals surface area contributed by atoms with E-state index in [4.69, 9.17) is 11.1 Å². The average molecular weight is 433 g/mol. The average Bonchev–Trinajstić information content (AvgIpc) is 3.27. The summed E-state index contributed by atoms with van der Waals surface area (Å²) in [5, 5.41) is 0. The molecule has 4 heteroatoms. The van der Waals surface area contributed by atoms with E-state index in [9.17, 15) is 0 Å². The molecule has 0 aliphatic carbocycles. The minimum absolute atomic E-state index is 1.25. The number of hydrogen-bond acceptors (Lipinski definition) is 3. The van der Waals surface area contributed by atoms with Crippen LogP contribution in [0.5, 0.6) is 0 Å². The summed E-state index contributed by atoms with van der Waals surface area (Å²) in [5.41, 5.74) is 18.7. The van der Waals surface area contributed by atoms with Gasteiger partial charge >= 0.3 is 0 Å². The van der Waals surface area contributed by atoms with E-state index in [2.05, 4.69) is 121 Å². The normalized spacial score (nSPS) is 10.0. The fourth-order valence-electron chi connectivity index (χ4n) is 3.78. The van der Waals surface area contributed by atoms with Crippen molar-refractivity contribution in [2.24, 2.45) is 0 Å². The zero-order chi connectivity index (χ0) is 22.2. The van der Waals surface area contributed by atoms with E-state index in [1.807, 2.05) is 16.2 Å². The maximum Gasteiger partial charge on any atom is 0.211 e. The van der Waals surface area contributed by atoms with Gasteiger partial charge in [-0.05, 0) is 22.3 Å². The van der Waals surface area contributed by atoms with Crippen molar-refractivity contribution in [3.05, 3.63) is 121 Å². The van der Waals surface area contributed by atoms with Crippen molar-refractivity contribution < 1.29 is 0 Å². The molecular formula is C28H22N3S+. The SMILES string of the molecule is N=[N+]=N.c1ccc(-c2sc(-c3ccccc3)c(-c3ccccc3)c2-c2ccccc2)cc1. The van der Waals surface area contributed by atoms with Gasteiger partial charge in [-0.15, -0.1) is 11.3 Å². The Morgan fingerprint density at radius 3 is 0.938 bits per heavy atom. The van der Waals surface area contributed by atoms with Gasteiger partial charge in [0.05, 0.1) is 0 Å². The second-order valence-electron chi connectivity index (χ2n) is 7.09. The summed E-state index contributed by atoms with van der Waals surface area (Å²) in [6.45, 7) is 0. The van der Waals surface area contributed by atoms with Crippen molar-refractivity contribution >= 4 is 11.3 Å². The predicted molar refractivity (Wildman–Crippen MR) is 134 cm³/mol. The van der Waals surface area contributed by atoms with Crippen LogP contribution in [0.25, 0.3) is 43.1 Å². The molecule has 0 radical (unpaired) electrons. The standard InChI is InChI=1S/C28H20S.H2N3/c1-5-13-21(14-6-1)25-26(22-15-7-2-8-16-22)28(24-19-11-4-12-20-24)29-27(25)23-17-9-3-10-18-23;1-3-2/h1-20H;1-2H/q;+1. The molecule has 0 unspecified atom stereocenters. The summed E-state index contributed by atoms with van der Waals surface area (Å²) in [6, 6.07) is 43.0. The number of benzene rings is 4.